The molecule has 0 bridgehead atoms. The van der Waals surface area contributed by atoms with E-state index in [9.17, 15) is 18.3 Å². The van der Waals surface area contributed by atoms with Gasteiger partial charge in [-0.3, -0.25) is 4.99 Å². The van der Waals surface area contributed by atoms with E-state index in [1.165, 1.54) is 36.9 Å². The van der Waals surface area contributed by atoms with Crippen LogP contribution in [0.3, 0.4) is 0 Å². The lowest BCUT2D eigenvalue weighted by Crippen LogP contribution is -2.49. The molecule has 1 atom stereocenters. The maximum Gasteiger partial charge on any atom is 0.424 e. The topological polar surface area (TPSA) is 77.7 Å². The number of alkyl halides is 3. The molecule has 1 aliphatic rings. The number of piperidine rings is 1. The second-order valence-corrected chi connectivity index (χ2v) is 7.84. The summed E-state index contributed by atoms with van der Waals surface area (Å²) in [5.41, 5.74) is -3.04. The van der Waals surface area contributed by atoms with Crippen LogP contribution < -0.4 is 10.6 Å². The van der Waals surface area contributed by atoms with Crippen molar-refractivity contribution in [1.82, 2.24) is 25.1 Å². The summed E-state index contributed by atoms with van der Waals surface area (Å²) >= 11 is 0. The summed E-state index contributed by atoms with van der Waals surface area (Å²) < 4.78 is 42.1. The van der Waals surface area contributed by atoms with E-state index in [-0.39, 0.29) is 12.6 Å². The van der Waals surface area contributed by atoms with Crippen molar-refractivity contribution in [1.29, 1.82) is 0 Å². The summed E-state index contributed by atoms with van der Waals surface area (Å²) in [7, 11) is 1.43. The Labute approximate surface area is 176 Å². The first kappa shape index (κ1) is 24.5. The average molecular weight is 433 g/mol. The van der Waals surface area contributed by atoms with Crippen molar-refractivity contribution in [2.45, 2.75) is 63.8 Å². The number of aliphatic hydroxyl groups is 1. The van der Waals surface area contributed by atoms with E-state index < -0.39 is 24.0 Å². The van der Waals surface area contributed by atoms with Crippen molar-refractivity contribution >= 4 is 5.96 Å². The van der Waals surface area contributed by atoms with Crippen molar-refractivity contribution in [2.24, 2.45) is 12.0 Å². The number of rotatable bonds is 9. The number of halogens is 3. The Morgan fingerprint density at radius 1 is 1.30 bits per heavy atom. The molecule has 2 rings (SSSR count). The van der Waals surface area contributed by atoms with Crippen LogP contribution in [-0.4, -0.2) is 70.5 Å². The molecule has 1 unspecified atom stereocenters. The Morgan fingerprint density at radius 2 is 2.00 bits per heavy atom. The Bertz CT molecular complexity index is 670. The van der Waals surface area contributed by atoms with Crippen LogP contribution in [0, 0.1) is 0 Å². The Balaban J connectivity index is 1.98. The maximum atomic E-state index is 13.6. The molecular formula is C20H35F3N6O. The van der Waals surface area contributed by atoms with Gasteiger partial charge in [0, 0.05) is 58.1 Å². The molecule has 10 heteroatoms. The Morgan fingerprint density at radius 3 is 2.53 bits per heavy atom. The second-order valence-electron chi connectivity index (χ2n) is 7.84. The molecule has 0 amide bonds. The molecule has 0 aromatic carbocycles. The fourth-order valence-electron chi connectivity index (χ4n) is 3.67. The maximum absolute atomic E-state index is 13.6. The lowest BCUT2D eigenvalue weighted by molar-refractivity contribution is -0.272. The molecule has 2 heterocycles. The smallest absolute Gasteiger partial charge is 0.374 e. The van der Waals surface area contributed by atoms with Gasteiger partial charge in [0.25, 0.3) is 0 Å². The number of nitrogens with zero attached hydrogens (tertiary/aromatic N) is 4. The molecule has 30 heavy (non-hydrogen) atoms. The van der Waals surface area contributed by atoms with Crippen LogP contribution >= 0.6 is 0 Å². The van der Waals surface area contributed by atoms with Crippen molar-refractivity contribution in [3.63, 3.8) is 0 Å². The minimum atomic E-state index is -4.85. The first-order valence-corrected chi connectivity index (χ1v) is 10.7. The minimum absolute atomic E-state index is 0.187. The highest BCUT2D eigenvalue weighted by atomic mass is 19.4. The van der Waals surface area contributed by atoms with Crippen molar-refractivity contribution < 1.29 is 18.3 Å². The van der Waals surface area contributed by atoms with Crippen LogP contribution in [0.2, 0.25) is 0 Å². The van der Waals surface area contributed by atoms with Crippen LogP contribution in [0.1, 0.15) is 51.8 Å². The molecule has 1 aliphatic heterocycles. The van der Waals surface area contributed by atoms with E-state index >= 15 is 0 Å². The highest BCUT2D eigenvalue weighted by molar-refractivity contribution is 5.80. The molecule has 1 aromatic heterocycles. The van der Waals surface area contributed by atoms with Crippen molar-refractivity contribution in [3.8, 4) is 0 Å². The molecule has 0 aliphatic carbocycles. The Hall–Kier alpha value is -1.81. The minimum Gasteiger partial charge on any atom is -0.374 e. The normalized spacial score (nSPS) is 19.0. The largest absolute Gasteiger partial charge is 0.424 e. The molecular weight excluding hydrogens is 397 g/mol. The zero-order valence-corrected chi connectivity index (χ0v) is 18.2. The van der Waals surface area contributed by atoms with E-state index in [0.29, 0.717) is 12.5 Å². The Kier molecular flexibility index (Phi) is 8.96. The average Bonchev–Trinajstić information content (AvgIpc) is 3.13. The lowest BCUT2D eigenvalue weighted by atomic mass is 9.98. The highest BCUT2D eigenvalue weighted by Crippen LogP contribution is 2.40. The van der Waals surface area contributed by atoms with E-state index in [0.717, 1.165) is 32.5 Å². The van der Waals surface area contributed by atoms with Gasteiger partial charge in [0.15, 0.2) is 5.96 Å². The first-order chi connectivity index (χ1) is 14.2. The van der Waals surface area contributed by atoms with Gasteiger partial charge < -0.3 is 25.2 Å². The summed E-state index contributed by atoms with van der Waals surface area (Å²) in [6.45, 7) is 7.62. The fourth-order valence-corrected chi connectivity index (χ4v) is 3.67. The van der Waals surface area contributed by atoms with Gasteiger partial charge in [-0.2, -0.15) is 13.2 Å². The molecule has 1 saturated heterocycles. The lowest BCUT2D eigenvalue weighted by Gasteiger charge is -2.33. The third kappa shape index (κ3) is 6.34. The number of unbranched alkanes of at least 4 members (excludes halogenated alkanes) is 1. The van der Waals surface area contributed by atoms with Crippen LogP contribution in [0.25, 0.3) is 0 Å². The third-order valence-electron chi connectivity index (χ3n) is 5.50. The van der Waals surface area contributed by atoms with Gasteiger partial charge in [0.2, 0.25) is 5.60 Å². The van der Waals surface area contributed by atoms with E-state index in [1.807, 2.05) is 6.92 Å². The zero-order chi connectivity index (χ0) is 22.2. The third-order valence-corrected chi connectivity index (χ3v) is 5.50. The quantitative estimate of drug-likeness (QED) is 0.413. The summed E-state index contributed by atoms with van der Waals surface area (Å²) in [5.74, 6) is 0.0523. The number of nitrogens with one attached hydrogen (secondary N) is 2. The summed E-state index contributed by atoms with van der Waals surface area (Å²) in [5, 5.41) is 16.9. The number of aromatic nitrogens is 2. The number of likely N-dealkylation sites (tertiary alicyclic amines) is 1. The number of imidazole rings is 1. The van der Waals surface area contributed by atoms with Crippen molar-refractivity contribution in [3.05, 3.63) is 18.2 Å². The number of aryl methyl sites for hydroxylation is 1. The number of guanidine groups is 1. The van der Waals surface area contributed by atoms with E-state index in [4.69, 9.17) is 0 Å². The predicted molar refractivity (Wildman–Crippen MR) is 111 cm³/mol. The van der Waals surface area contributed by atoms with Gasteiger partial charge in [0.1, 0.15) is 5.82 Å². The number of hydrogen-bond donors (Lipinski definition) is 3. The molecule has 0 spiro atoms. The first-order valence-electron chi connectivity index (χ1n) is 10.7. The summed E-state index contributed by atoms with van der Waals surface area (Å²) in [4.78, 5) is 10.5. The van der Waals surface area contributed by atoms with Crippen LogP contribution in [-0.2, 0) is 12.6 Å². The summed E-state index contributed by atoms with van der Waals surface area (Å²) in [6, 6.07) is 0.233. The van der Waals surface area contributed by atoms with Crippen molar-refractivity contribution in [2.75, 3.05) is 32.7 Å². The molecule has 1 fully saturated rings. The molecule has 0 saturated carbocycles. The SMILES string of the molecule is CCCCN1CCC(NC(=NCCC(O)(c2nccn2C)C(F)(F)F)NCC)CC1. The van der Waals surface area contributed by atoms with Gasteiger partial charge in [-0.15, -0.1) is 0 Å². The van der Waals surface area contributed by atoms with E-state index in [1.54, 1.807) is 0 Å². The van der Waals surface area contributed by atoms with Gasteiger partial charge in [-0.1, -0.05) is 13.3 Å². The fraction of sp³-hybridized carbons (Fsp3) is 0.800. The van der Waals surface area contributed by atoms with Gasteiger partial charge in [0.05, 0.1) is 0 Å². The van der Waals surface area contributed by atoms with Gasteiger partial charge in [-0.05, 0) is 32.7 Å². The molecule has 3 N–H and O–H groups in total. The van der Waals surface area contributed by atoms with Crippen LogP contribution in [0.15, 0.2) is 17.4 Å². The number of aliphatic imine (C=N–C) groups is 1. The zero-order valence-electron chi connectivity index (χ0n) is 18.2. The van der Waals surface area contributed by atoms with Gasteiger partial charge >= 0.3 is 6.18 Å². The molecule has 1 aromatic rings. The summed E-state index contributed by atoms with van der Waals surface area (Å²) in [6.07, 6.45) is 1.48. The van der Waals surface area contributed by atoms with Crippen LogP contribution in [0.4, 0.5) is 13.2 Å². The highest BCUT2D eigenvalue weighted by Gasteiger charge is 2.57. The molecule has 172 valence electrons. The number of hydrogen-bond acceptors (Lipinski definition) is 4. The van der Waals surface area contributed by atoms with E-state index in [2.05, 4.69) is 32.4 Å². The predicted octanol–water partition coefficient (Wildman–Crippen LogP) is 2.38. The van der Waals surface area contributed by atoms with Gasteiger partial charge in [-0.25, -0.2) is 4.98 Å². The second kappa shape index (κ2) is 11.0. The molecule has 0 radical (unpaired) electrons. The monoisotopic (exact) mass is 432 g/mol. The van der Waals surface area contributed by atoms with Crippen LogP contribution in [0.5, 0.6) is 0 Å². The molecule has 7 nitrogen and oxygen atoms in total. The standard InChI is InChI=1S/C20H35F3N6O/c1-4-6-12-29-13-7-16(8-14-29)27-18(24-5-2)26-10-9-19(30,20(21,22)23)17-25-11-15-28(17)3/h11,15-16,30H,4-10,12-14H2,1-3H3,(H2,24,26,27).